The Morgan fingerprint density at radius 3 is 2.86 bits per heavy atom. The average Bonchev–Trinajstić information content (AvgIpc) is 2.19. The second kappa shape index (κ2) is 5.10. The van der Waals surface area contributed by atoms with E-state index in [9.17, 15) is 0 Å². The van der Waals surface area contributed by atoms with Crippen LogP contribution < -0.4 is 5.32 Å². The predicted molar refractivity (Wildman–Crippen MR) is 57.4 cm³/mol. The lowest BCUT2D eigenvalue weighted by atomic mass is 9.94. The minimum Gasteiger partial charge on any atom is -0.379 e. The first-order valence-electron chi connectivity index (χ1n) is 5.88. The third kappa shape index (κ3) is 2.94. The van der Waals surface area contributed by atoms with Crippen molar-refractivity contribution in [2.45, 2.75) is 25.8 Å². The Labute approximate surface area is 86.8 Å². The summed E-state index contributed by atoms with van der Waals surface area (Å²) in [6.45, 7) is 8.86. The SMILES string of the molecule is CC1CCNC(CN2CCOCC2)C1. The van der Waals surface area contributed by atoms with Gasteiger partial charge in [-0.05, 0) is 25.3 Å². The minimum atomic E-state index is 0.719. The second-order valence-electron chi connectivity index (χ2n) is 4.69. The fourth-order valence-corrected chi connectivity index (χ4v) is 2.46. The van der Waals surface area contributed by atoms with Crippen LogP contribution in [0.1, 0.15) is 19.8 Å². The van der Waals surface area contributed by atoms with Crippen LogP contribution in [-0.2, 0) is 4.74 Å². The van der Waals surface area contributed by atoms with Crippen LogP contribution in [0, 0.1) is 5.92 Å². The van der Waals surface area contributed by atoms with E-state index in [1.54, 1.807) is 0 Å². The van der Waals surface area contributed by atoms with Gasteiger partial charge in [-0.15, -0.1) is 0 Å². The van der Waals surface area contributed by atoms with Crippen LogP contribution in [0.15, 0.2) is 0 Å². The van der Waals surface area contributed by atoms with Gasteiger partial charge in [0.25, 0.3) is 0 Å². The Balaban J connectivity index is 1.72. The van der Waals surface area contributed by atoms with Crippen LogP contribution in [-0.4, -0.2) is 50.3 Å². The maximum Gasteiger partial charge on any atom is 0.0594 e. The summed E-state index contributed by atoms with van der Waals surface area (Å²) in [6.07, 6.45) is 2.69. The van der Waals surface area contributed by atoms with Gasteiger partial charge in [0.1, 0.15) is 0 Å². The van der Waals surface area contributed by atoms with Crippen LogP contribution in [0.3, 0.4) is 0 Å². The van der Waals surface area contributed by atoms with E-state index >= 15 is 0 Å². The summed E-state index contributed by atoms with van der Waals surface area (Å²) in [7, 11) is 0. The van der Waals surface area contributed by atoms with Gasteiger partial charge >= 0.3 is 0 Å². The van der Waals surface area contributed by atoms with Crippen LogP contribution >= 0.6 is 0 Å². The molecule has 0 aliphatic carbocycles. The summed E-state index contributed by atoms with van der Waals surface area (Å²) in [5, 5.41) is 3.61. The highest BCUT2D eigenvalue weighted by molar-refractivity contribution is 4.79. The van der Waals surface area contributed by atoms with Crippen molar-refractivity contribution in [3.05, 3.63) is 0 Å². The highest BCUT2D eigenvalue weighted by Gasteiger charge is 2.21. The van der Waals surface area contributed by atoms with Crippen molar-refractivity contribution in [1.29, 1.82) is 0 Å². The van der Waals surface area contributed by atoms with Crippen molar-refractivity contribution in [2.75, 3.05) is 39.4 Å². The monoisotopic (exact) mass is 198 g/mol. The quantitative estimate of drug-likeness (QED) is 0.707. The van der Waals surface area contributed by atoms with Crippen molar-refractivity contribution in [1.82, 2.24) is 10.2 Å². The van der Waals surface area contributed by atoms with Crippen LogP contribution in [0.2, 0.25) is 0 Å². The van der Waals surface area contributed by atoms with Gasteiger partial charge in [-0.25, -0.2) is 0 Å². The van der Waals surface area contributed by atoms with E-state index in [0.717, 1.165) is 38.3 Å². The van der Waals surface area contributed by atoms with Gasteiger partial charge in [-0.3, -0.25) is 4.90 Å². The minimum absolute atomic E-state index is 0.719. The molecule has 14 heavy (non-hydrogen) atoms. The number of piperidine rings is 1. The molecule has 0 bridgehead atoms. The first-order valence-corrected chi connectivity index (χ1v) is 5.88. The maximum atomic E-state index is 5.35. The van der Waals surface area contributed by atoms with E-state index in [1.165, 1.54) is 25.9 Å². The van der Waals surface area contributed by atoms with E-state index in [2.05, 4.69) is 17.1 Å². The lowest BCUT2D eigenvalue weighted by Gasteiger charge is -2.34. The Morgan fingerprint density at radius 1 is 1.36 bits per heavy atom. The fourth-order valence-electron chi connectivity index (χ4n) is 2.46. The van der Waals surface area contributed by atoms with Crippen LogP contribution in [0.5, 0.6) is 0 Å². The number of hydrogen-bond acceptors (Lipinski definition) is 3. The summed E-state index contributed by atoms with van der Waals surface area (Å²) < 4.78 is 5.35. The van der Waals surface area contributed by atoms with Gasteiger partial charge in [0.2, 0.25) is 0 Å². The van der Waals surface area contributed by atoms with E-state index < -0.39 is 0 Å². The molecular weight excluding hydrogens is 176 g/mol. The molecule has 82 valence electrons. The zero-order valence-corrected chi connectivity index (χ0v) is 9.17. The zero-order chi connectivity index (χ0) is 9.80. The summed E-state index contributed by atoms with van der Waals surface area (Å²) >= 11 is 0. The molecule has 2 rings (SSSR count). The summed E-state index contributed by atoms with van der Waals surface area (Å²) in [5.74, 6) is 0.905. The van der Waals surface area contributed by atoms with Gasteiger partial charge in [-0.1, -0.05) is 6.92 Å². The molecule has 2 atom stereocenters. The van der Waals surface area contributed by atoms with Gasteiger partial charge in [-0.2, -0.15) is 0 Å². The summed E-state index contributed by atoms with van der Waals surface area (Å²) in [6, 6.07) is 0.719. The molecule has 0 saturated carbocycles. The smallest absolute Gasteiger partial charge is 0.0594 e. The molecule has 0 aromatic carbocycles. The lowest BCUT2D eigenvalue weighted by molar-refractivity contribution is 0.0309. The molecule has 1 N–H and O–H groups in total. The Hall–Kier alpha value is -0.120. The topological polar surface area (TPSA) is 24.5 Å². The summed E-state index contributed by atoms with van der Waals surface area (Å²) in [5.41, 5.74) is 0. The van der Waals surface area contributed by atoms with Crippen molar-refractivity contribution < 1.29 is 4.74 Å². The number of nitrogens with one attached hydrogen (secondary N) is 1. The van der Waals surface area contributed by atoms with Gasteiger partial charge < -0.3 is 10.1 Å². The molecule has 0 radical (unpaired) electrons. The molecule has 0 aromatic rings. The third-order valence-corrected chi connectivity index (χ3v) is 3.34. The molecule has 0 aromatic heterocycles. The predicted octanol–water partition coefficient (Wildman–Crippen LogP) is 0.707. The van der Waals surface area contributed by atoms with Crippen LogP contribution in [0.25, 0.3) is 0 Å². The van der Waals surface area contributed by atoms with Crippen molar-refractivity contribution in [2.24, 2.45) is 5.92 Å². The molecule has 2 aliphatic heterocycles. The lowest BCUT2D eigenvalue weighted by Crippen LogP contribution is -2.48. The number of hydrogen-bond donors (Lipinski definition) is 1. The molecular formula is C11H22N2O. The van der Waals surface area contributed by atoms with E-state index in [4.69, 9.17) is 4.74 Å². The zero-order valence-electron chi connectivity index (χ0n) is 9.17. The fraction of sp³-hybridized carbons (Fsp3) is 1.00. The molecule has 3 heteroatoms. The highest BCUT2D eigenvalue weighted by Crippen LogP contribution is 2.16. The average molecular weight is 198 g/mol. The molecule has 2 aliphatic rings. The second-order valence-corrected chi connectivity index (χ2v) is 4.69. The number of rotatable bonds is 2. The summed E-state index contributed by atoms with van der Waals surface area (Å²) in [4.78, 5) is 2.53. The molecule has 2 heterocycles. The highest BCUT2D eigenvalue weighted by atomic mass is 16.5. The molecule has 0 spiro atoms. The molecule has 2 unspecified atom stereocenters. The van der Waals surface area contributed by atoms with Gasteiger partial charge in [0, 0.05) is 25.7 Å². The molecule has 2 saturated heterocycles. The first kappa shape index (κ1) is 10.4. The van der Waals surface area contributed by atoms with Crippen molar-refractivity contribution >= 4 is 0 Å². The molecule has 3 nitrogen and oxygen atoms in total. The Bertz CT molecular complexity index is 169. The van der Waals surface area contributed by atoms with E-state index in [-0.39, 0.29) is 0 Å². The standard InChI is InChI=1S/C11H22N2O/c1-10-2-3-12-11(8-10)9-13-4-6-14-7-5-13/h10-12H,2-9H2,1H3. The number of morpholine rings is 1. The Morgan fingerprint density at radius 2 is 2.14 bits per heavy atom. The molecule has 0 amide bonds. The van der Waals surface area contributed by atoms with Crippen molar-refractivity contribution in [3.8, 4) is 0 Å². The van der Waals surface area contributed by atoms with Crippen molar-refractivity contribution in [3.63, 3.8) is 0 Å². The third-order valence-electron chi connectivity index (χ3n) is 3.34. The largest absolute Gasteiger partial charge is 0.379 e. The maximum absolute atomic E-state index is 5.35. The number of ether oxygens (including phenoxy) is 1. The normalized spacial score (nSPS) is 35.8. The van der Waals surface area contributed by atoms with E-state index in [0.29, 0.717) is 0 Å². The number of nitrogens with zero attached hydrogens (tertiary/aromatic N) is 1. The van der Waals surface area contributed by atoms with Crippen LogP contribution in [0.4, 0.5) is 0 Å². The van der Waals surface area contributed by atoms with E-state index in [1.807, 2.05) is 0 Å². The molecule has 2 fully saturated rings. The van der Waals surface area contributed by atoms with Gasteiger partial charge in [0.05, 0.1) is 13.2 Å². The van der Waals surface area contributed by atoms with Gasteiger partial charge in [0.15, 0.2) is 0 Å². The first-order chi connectivity index (χ1) is 6.84. The Kier molecular flexibility index (Phi) is 3.79.